The molecule has 1 aromatic rings. The summed E-state index contributed by atoms with van der Waals surface area (Å²) >= 11 is 0. The Morgan fingerprint density at radius 1 is 1.26 bits per heavy atom. The zero-order valence-corrected chi connectivity index (χ0v) is 11.9. The molecule has 0 heterocycles. The van der Waals surface area contributed by atoms with Gasteiger partial charge in [-0.25, -0.2) is 13.6 Å². The van der Waals surface area contributed by atoms with Gasteiger partial charge in [-0.2, -0.15) is 0 Å². The van der Waals surface area contributed by atoms with Crippen molar-refractivity contribution in [3.8, 4) is 0 Å². The van der Waals surface area contributed by atoms with Gasteiger partial charge in [0.2, 0.25) is 10.0 Å². The predicted molar refractivity (Wildman–Crippen MR) is 75.7 cm³/mol. The maximum atomic E-state index is 11.7. The molecule has 0 aliphatic carbocycles. The number of primary sulfonamides is 1. The van der Waals surface area contributed by atoms with Gasteiger partial charge in [-0.3, -0.25) is 4.79 Å². The van der Waals surface area contributed by atoms with E-state index in [0.29, 0.717) is 12.0 Å². The summed E-state index contributed by atoms with van der Waals surface area (Å²) in [5.74, 6) is -0.355. The number of rotatable bonds is 6. The Bertz CT molecular complexity index is 524. The average molecular weight is 285 g/mol. The fourth-order valence-corrected chi connectivity index (χ4v) is 2.03. The molecular formula is C12H19N3O3S. The third-order valence-corrected chi connectivity index (χ3v) is 3.39. The van der Waals surface area contributed by atoms with Crippen LogP contribution in [0.3, 0.4) is 0 Å². The van der Waals surface area contributed by atoms with Crippen LogP contribution in [0.2, 0.25) is 0 Å². The molecule has 0 saturated heterocycles. The number of sulfonamides is 1. The topological polar surface area (TPSA) is 92.5 Å². The van der Waals surface area contributed by atoms with Gasteiger partial charge in [0.15, 0.2) is 0 Å². The van der Waals surface area contributed by atoms with Crippen molar-refractivity contribution in [3.05, 3.63) is 29.8 Å². The van der Waals surface area contributed by atoms with Crippen molar-refractivity contribution in [1.82, 2.24) is 5.32 Å². The van der Waals surface area contributed by atoms with E-state index in [9.17, 15) is 13.2 Å². The molecule has 1 rings (SSSR count). The highest BCUT2D eigenvalue weighted by Crippen LogP contribution is 2.11. The number of nitrogens with zero attached hydrogens (tertiary/aromatic N) is 1. The number of nitrogens with two attached hydrogens (primary N) is 1. The number of nitrogens with one attached hydrogen (secondary N) is 1. The quantitative estimate of drug-likeness (QED) is 0.728. The van der Waals surface area contributed by atoms with Gasteiger partial charge in [-0.15, -0.1) is 0 Å². The Labute approximate surface area is 113 Å². The van der Waals surface area contributed by atoms with E-state index in [4.69, 9.17) is 5.14 Å². The molecule has 7 heteroatoms. The summed E-state index contributed by atoms with van der Waals surface area (Å²) < 4.78 is 21.4. The molecule has 106 valence electrons. The normalized spacial score (nSPS) is 11.1. The molecule has 0 spiro atoms. The molecule has 0 aliphatic heterocycles. The molecule has 1 aromatic carbocycles. The largest absolute Gasteiger partial charge is 0.378 e. The number of anilines is 1. The molecule has 0 atom stereocenters. The van der Waals surface area contributed by atoms with Crippen LogP contribution in [-0.2, 0) is 10.0 Å². The zero-order chi connectivity index (χ0) is 14.5. The minimum atomic E-state index is -3.46. The second kappa shape index (κ2) is 6.53. The number of amides is 1. The van der Waals surface area contributed by atoms with Crippen molar-refractivity contribution >= 4 is 21.6 Å². The predicted octanol–water partition coefficient (Wildman–Crippen LogP) is 0.161. The van der Waals surface area contributed by atoms with Crippen LogP contribution in [0.25, 0.3) is 0 Å². The fraction of sp³-hybridized carbons (Fsp3) is 0.417. The van der Waals surface area contributed by atoms with Crippen LogP contribution in [-0.4, -0.2) is 40.7 Å². The molecule has 3 N–H and O–H groups in total. The van der Waals surface area contributed by atoms with Gasteiger partial charge >= 0.3 is 0 Å². The molecule has 0 aromatic heterocycles. The number of benzene rings is 1. The van der Waals surface area contributed by atoms with Crippen LogP contribution < -0.4 is 15.4 Å². The van der Waals surface area contributed by atoms with Crippen LogP contribution in [0.4, 0.5) is 5.69 Å². The first-order chi connectivity index (χ1) is 8.79. The summed E-state index contributed by atoms with van der Waals surface area (Å²) in [5.41, 5.74) is 1.55. The smallest absolute Gasteiger partial charge is 0.251 e. The van der Waals surface area contributed by atoms with Crippen molar-refractivity contribution in [1.29, 1.82) is 0 Å². The summed E-state index contributed by atoms with van der Waals surface area (Å²) in [6, 6.07) is 7.15. The Kier molecular flexibility index (Phi) is 5.31. The molecule has 0 unspecified atom stereocenters. The molecule has 0 fully saturated rings. The second-order valence-electron chi connectivity index (χ2n) is 4.42. The summed E-state index contributed by atoms with van der Waals surface area (Å²) in [5, 5.41) is 7.51. The SMILES string of the molecule is CN(C)c1ccc(C(=O)NCCCS(N)(=O)=O)cc1. The maximum Gasteiger partial charge on any atom is 0.251 e. The first kappa shape index (κ1) is 15.5. The van der Waals surface area contributed by atoms with E-state index >= 15 is 0 Å². The highest BCUT2D eigenvalue weighted by atomic mass is 32.2. The number of hydrogen-bond donors (Lipinski definition) is 2. The monoisotopic (exact) mass is 285 g/mol. The van der Waals surface area contributed by atoms with E-state index < -0.39 is 10.0 Å². The molecule has 0 radical (unpaired) electrons. The van der Waals surface area contributed by atoms with Crippen molar-refractivity contribution in [2.24, 2.45) is 5.14 Å². The summed E-state index contributed by atoms with van der Waals surface area (Å²) in [4.78, 5) is 13.7. The molecule has 1 amide bonds. The molecule has 0 aliphatic rings. The van der Waals surface area contributed by atoms with E-state index in [0.717, 1.165) is 5.69 Å². The van der Waals surface area contributed by atoms with Crippen LogP contribution >= 0.6 is 0 Å². The van der Waals surface area contributed by atoms with E-state index in [2.05, 4.69) is 5.32 Å². The van der Waals surface area contributed by atoms with Crippen LogP contribution in [0.15, 0.2) is 24.3 Å². The molecule has 0 saturated carbocycles. The highest BCUT2D eigenvalue weighted by Gasteiger charge is 2.06. The highest BCUT2D eigenvalue weighted by molar-refractivity contribution is 7.89. The molecule has 19 heavy (non-hydrogen) atoms. The van der Waals surface area contributed by atoms with E-state index in [1.54, 1.807) is 12.1 Å². The first-order valence-corrected chi connectivity index (χ1v) is 7.57. The van der Waals surface area contributed by atoms with Crippen molar-refractivity contribution in [3.63, 3.8) is 0 Å². The van der Waals surface area contributed by atoms with E-state index in [-0.39, 0.29) is 18.2 Å². The first-order valence-electron chi connectivity index (χ1n) is 5.85. The minimum absolute atomic E-state index is 0.132. The van der Waals surface area contributed by atoms with Gasteiger partial charge in [0.1, 0.15) is 0 Å². The Morgan fingerprint density at radius 3 is 2.32 bits per heavy atom. The Morgan fingerprint density at radius 2 is 1.84 bits per heavy atom. The third kappa shape index (κ3) is 5.71. The van der Waals surface area contributed by atoms with Gasteiger partial charge in [-0.1, -0.05) is 0 Å². The minimum Gasteiger partial charge on any atom is -0.378 e. The fourth-order valence-electron chi connectivity index (χ4n) is 1.49. The summed E-state index contributed by atoms with van der Waals surface area (Å²) in [6.07, 6.45) is 0.306. The second-order valence-corrected chi connectivity index (χ2v) is 6.15. The van der Waals surface area contributed by atoms with Crippen molar-refractivity contribution in [2.75, 3.05) is 31.3 Å². The molecule has 6 nitrogen and oxygen atoms in total. The van der Waals surface area contributed by atoms with Gasteiger partial charge in [-0.05, 0) is 30.7 Å². The Balaban J connectivity index is 2.45. The maximum absolute atomic E-state index is 11.7. The van der Waals surface area contributed by atoms with E-state index in [1.807, 2.05) is 31.1 Å². The lowest BCUT2D eigenvalue weighted by atomic mass is 10.2. The molecule has 0 bridgehead atoms. The number of hydrogen-bond acceptors (Lipinski definition) is 4. The van der Waals surface area contributed by atoms with Gasteiger partial charge in [0.25, 0.3) is 5.91 Å². The number of carbonyl (C=O) groups excluding carboxylic acids is 1. The standard InChI is InChI=1S/C12H19N3O3S/c1-15(2)11-6-4-10(5-7-11)12(16)14-8-3-9-19(13,17)18/h4-7H,3,8-9H2,1-2H3,(H,14,16)(H2,13,17,18). The third-order valence-electron chi connectivity index (χ3n) is 2.54. The Hall–Kier alpha value is -1.60. The molecular weight excluding hydrogens is 266 g/mol. The van der Waals surface area contributed by atoms with Crippen LogP contribution in [0.5, 0.6) is 0 Å². The lowest BCUT2D eigenvalue weighted by Gasteiger charge is -2.12. The lowest BCUT2D eigenvalue weighted by Crippen LogP contribution is -2.27. The summed E-state index contributed by atoms with van der Waals surface area (Å²) in [7, 11) is 0.379. The van der Waals surface area contributed by atoms with Crippen molar-refractivity contribution < 1.29 is 13.2 Å². The lowest BCUT2D eigenvalue weighted by molar-refractivity contribution is 0.0953. The average Bonchev–Trinajstić information content (AvgIpc) is 2.33. The van der Waals surface area contributed by atoms with Gasteiger partial charge in [0, 0.05) is 31.9 Å². The van der Waals surface area contributed by atoms with E-state index in [1.165, 1.54) is 0 Å². The number of carbonyl (C=O) groups is 1. The zero-order valence-electron chi connectivity index (χ0n) is 11.1. The van der Waals surface area contributed by atoms with Crippen molar-refractivity contribution in [2.45, 2.75) is 6.42 Å². The van der Waals surface area contributed by atoms with Crippen LogP contribution in [0.1, 0.15) is 16.8 Å². The summed E-state index contributed by atoms with van der Waals surface area (Å²) in [6.45, 7) is 0.282. The van der Waals surface area contributed by atoms with Gasteiger partial charge < -0.3 is 10.2 Å². The van der Waals surface area contributed by atoms with Gasteiger partial charge in [0.05, 0.1) is 5.75 Å². The van der Waals surface area contributed by atoms with Crippen LogP contribution in [0, 0.1) is 0 Å².